The van der Waals surface area contributed by atoms with E-state index in [1.165, 1.54) is 0 Å². The Balaban J connectivity index is 0.000000260. The van der Waals surface area contributed by atoms with Crippen molar-refractivity contribution in [3.63, 3.8) is 0 Å². The number of cyclic esters (lactones) is 2. The van der Waals surface area contributed by atoms with Crippen LogP contribution in [-0.4, -0.2) is 82.2 Å². The Labute approximate surface area is 203 Å². The SMILES string of the molecule is O=C(O)c1cc(C(=O)O)c(S(=O)(=O)O)cc1C(=O)O.O=C1OC(=O)c2cc(S(=O)(=O)O)c(C(=O)O)cc21. The number of carbonyl (C=O) groups excluding carboxylic acids is 2. The summed E-state index contributed by atoms with van der Waals surface area (Å²) in [6, 6.07) is 1.91. The number of rotatable bonds is 6. The average Bonchev–Trinajstić information content (AvgIpc) is 3.03. The van der Waals surface area contributed by atoms with E-state index in [-0.39, 0.29) is 11.6 Å². The van der Waals surface area contributed by atoms with Gasteiger partial charge in [-0.1, -0.05) is 0 Å². The van der Waals surface area contributed by atoms with Gasteiger partial charge in [-0.2, -0.15) is 16.8 Å². The highest BCUT2D eigenvalue weighted by Gasteiger charge is 2.34. The van der Waals surface area contributed by atoms with Gasteiger partial charge in [-0.25, -0.2) is 28.8 Å². The van der Waals surface area contributed by atoms with Crippen LogP contribution in [0.15, 0.2) is 34.1 Å². The van der Waals surface area contributed by atoms with Gasteiger partial charge in [-0.05, 0) is 24.3 Å². The summed E-state index contributed by atoms with van der Waals surface area (Å²) >= 11 is 0. The van der Waals surface area contributed by atoms with E-state index in [0.29, 0.717) is 18.2 Å². The van der Waals surface area contributed by atoms with Crippen molar-refractivity contribution in [2.24, 2.45) is 0 Å². The molecule has 0 radical (unpaired) electrons. The molecule has 17 nitrogen and oxygen atoms in total. The predicted octanol–water partition coefficient (Wildman–Crippen LogP) is -0.0300. The molecule has 1 aliphatic rings. The Hall–Kier alpha value is -4.72. The molecule has 0 saturated carbocycles. The lowest BCUT2D eigenvalue weighted by Gasteiger charge is -2.07. The van der Waals surface area contributed by atoms with Crippen molar-refractivity contribution >= 4 is 56.1 Å². The summed E-state index contributed by atoms with van der Waals surface area (Å²) in [5, 5.41) is 35.0. The fourth-order valence-corrected chi connectivity index (χ4v) is 4.19. The third-order valence-corrected chi connectivity index (χ3v) is 6.13. The largest absolute Gasteiger partial charge is 0.478 e. The maximum Gasteiger partial charge on any atom is 0.346 e. The molecule has 0 saturated heterocycles. The summed E-state index contributed by atoms with van der Waals surface area (Å²) < 4.78 is 65.8. The van der Waals surface area contributed by atoms with Crippen molar-refractivity contribution in [1.82, 2.24) is 0 Å². The molecule has 196 valence electrons. The number of hydrogen-bond donors (Lipinski definition) is 6. The summed E-state index contributed by atoms with van der Waals surface area (Å²) in [7, 11) is -9.85. The minimum absolute atomic E-state index is 0.282. The van der Waals surface area contributed by atoms with E-state index < -0.39 is 93.7 Å². The fourth-order valence-electron chi connectivity index (χ4n) is 2.81. The molecule has 6 N–H and O–H groups in total. The number of ether oxygens (including phenoxy) is 1. The van der Waals surface area contributed by atoms with Gasteiger partial charge in [0.1, 0.15) is 9.79 Å². The minimum Gasteiger partial charge on any atom is -0.478 e. The third kappa shape index (κ3) is 5.92. The lowest BCUT2D eigenvalue weighted by Crippen LogP contribution is -2.15. The Morgan fingerprint density at radius 3 is 1.24 bits per heavy atom. The normalized spacial score (nSPS) is 12.6. The first-order chi connectivity index (χ1) is 16.8. The Bertz CT molecular complexity index is 1630. The second kappa shape index (κ2) is 9.73. The first-order valence-electron chi connectivity index (χ1n) is 8.78. The Kier molecular flexibility index (Phi) is 7.50. The van der Waals surface area contributed by atoms with Crippen molar-refractivity contribution in [3.05, 3.63) is 57.6 Å². The van der Waals surface area contributed by atoms with Crippen LogP contribution in [0.1, 0.15) is 62.1 Å². The van der Waals surface area contributed by atoms with Crippen LogP contribution in [0.2, 0.25) is 0 Å². The van der Waals surface area contributed by atoms with Gasteiger partial charge in [-0.3, -0.25) is 9.11 Å². The first-order valence-corrected chi connectivity index (χ1v) is 11.7. The highest BCUT2D eigenvalue weighted by Crippen LogP contribution is 2.27. The van der Waals surface area contributed by atoms with Crippen LogP contribution in [-0.2, 0) is 25.0 Å². The van der Waals surface area contributed by atoms with Gasteiger partial charge >= 0.3 is 35.8 Å². The minimum atomic E-state index is -5.01. The van der Waals surface area contributed by atoms with Crippen LogP contribution in [0, 0.1) is 0 Å². The van der Waals surface area contributed by atoms with Gasteiger partial charge in [0.15, 0.2) is 0 Å². The highest BCUT2D eigenvalue weighted by molar-refractivity contribution is 7.86. The number of hydrogen-bond acceptors (Lipinski definition) is 11. The maximum absolute atomic E-state index is 11.2. The molecule has 0 amide bonds. The van der Waals surface area contributed by atoms with Crippen LogP contribution in [0.3, 0.4) is 0 Å². The van der Waals surface area contributed by atoms with E-state index >= 15 is 0 Å². The summed E-state index contributed by atoms with van der Waals surface area (Å²) in [5.41, 5.74) is -4.47. The van der Waals surface area contributed by atoms with E-state index in [1.807, 2.05) is 0 Å². The molecular formula is C18H10O17S2. The molecule has 0 bridgehead atoms. The third-order valence-electron chi connectivity index (χ3n) is 4.34. The molecule has 0 aliphatic carbocycles. The molecule has 1 heterocycles. The Morgan fingerprint density at radius 2 is 0.865 bits per heavy atom. The molecule has 0 unspecified atom stereocenters. The number of benzene rings is 2. The monoisotopic (exact) mass is 562 g/mol. The zero-order valence-corrected chi connectivity index (χ0v) is 18.9. The first kappa shape index (κ1) is 28.5. The highest BCUT2D eigenvalue weighted by atomic mass is 32.2. The molecule has 0 aromatic heterocycles. The molecule has 1 aliphatic heterocycles. The van der Waals surface area contributed by atoms with Crippen LogP contribution >= 0.6 is 0 Å². The van der Waals surface area contributed by atoms with E-state index in [2.05, 4.69) is 4.74 Å². The van der Waals surface area contributed by atoms with Crippen molar-refractivity contribution in [1.29, 1.82) is 0 Å². The number of carboxylic acids is 4. The zero-order valence-electron chi connectivity index (χ0n) is 17.3. The van der Waals surface area contributed by atoms with Gasteiger partial charge in [0.25, 0.3) is 20.2 Å². The summed E-state index contributed by atoms with van der Waals surface area (Å²) in [4.78, 5) is 63.4. The molecule has 0 atom stereocenters. The maximum atomic E-state index is 11.2. The molecule has 3 rings (SSSR count). The number of esters is 2. The smallest absolute Gasteiger partial charge is 0.346 e. The average molecular weight is 562 g/mol. The van der Waals surface area contributed by atoms with Crippen LogP contribution < -0.4 is 0 Å². The van der Waals surface area contributed by atoms with Crippen molar-refractivity contribution in [2.75, 3.05) is 0 Å². The summed E-state index contributed by atoms with van der Waals surface area (Å²) in [6.45, 7) is 0. The number of aromatic carboxylic acids is 4. The fraction of sp³-hybridized carbons (Fsp3) is 0. The topological polar surface area (TPSA) is 301 Å². The number of carbonyl (C=O) groups is 6. The van der Waals surface area contributed by atoms with E-state index in [0.717, 1.165) is 0 Å². The van der Waals surface area contributed by atoms with E-state index in [9.17, 15) is 45.6 Å². The van der Waals surface area contributed by atoms with E-state index in [1.54, 1.807) is 0 Å². The number of fused-ring (bicyclic) bond motifs is 1. The van der Waals surface area contributed by atoms with E-state index in [4.69, 9.17) is 29.5 Å². The summed E-state index contributed by atoms with van der Waals surface area (Å²) in [6.07, 6.45) is 0. The van der Waals surface area contributed by atoms with Gasteiger partial charge in [0.05, 0.1) is 33.4 Å². The predicted molar refractivity (Wildman–Crippen MR) is 110 cm³/mol. The molecule has 2 aromatic carbocycles. The van der Waals surface area contributed by atoms with Crippen molar-refractivity contribution in [3.8, 4) is 0 Å². The second-order valence-corrected chi connectivity index (χ2v) is 9.42. The Morgan fingerprint density at radius 1 is 0.541 bits per heavy atom. The molecule has 19 heteroatoms. The summed E-state index contributed by atoms with van der Waals surface area (Å²) in [5.74, 6) is -9.19. The molecule has 0 fully saturated rings. The second-order valence-electron chi connectivity index (χ2n) is 6.64. The van der Waals surface area contributed by atoms with Crippen molar-refractivity contribution < 1.29 is 79.9 Å². The van der Waals surface area contributed by atoms with Gasteiger partial charge in [0.2, 0.25) is 0 Å². The standard InChI is InChI=1S/C9H6O9S.C9H4O8S/c10-7(11)3-1-5(9(14)15)6(19(16,17)18)2-4(3)8(12)13;10-7(11)5-1-3-4(9(13)17-8(3)12)2-6(5)18(14,15)16/h1-2H,(H,10,11)(H,12,13)(H,14,15)(H,16,17,18);1-2H,(H,10,11)(H,14,15,16). The molecular weight excluding hydrogens is 552 g/mol. The van der Waals surface area contributed by atoms with Gasteiger partial charge < -0.3 is 25.2 Å². The number of carboxylic acid groups (broad SMARTS) is 4. The quantitative estimate of drug-likeness (QED) is 0.153. The lowest BCUT2D eigenvalue weighted by molar-refractivity contribution is 0.0441. The van der Waals surface area contributed by atoms with Crippen LogP contribution in [0.5, 0.6) is 0 Å². The zero-order chi connectivity index (χ0) is 28.6. The molecule has 37 heavy (non-hydrogen) atoms. The molecule has 2 aromatic rings. The van der Waals surface area contributed by atoms with Crippen LogP contribution in [0.4, 0.5) is 0 Å². The van der Waals surface area contributed by atoms with Gasteiger partial charge in [0, 0.05) is 0 Å². The van der Waals surface area contributed by atoms with Gasteiger partial charge in [-0.15, -0.1) is 0 Å². The molecule has 0 spiro atoms. The van der Waals surface area contributed by atoms with Crippen molar-refractivity contribution in [2.45, 2.75) is 9.79 Å². The van der Waals surface area contributed by atoms with Crippen LogP contribution in [0.25, 0.3) is 0 Å². The lowest BCUT2D eigenvalue weighted by atomic mass is 10.0.